The van der Waals surface area contributed by atoms with E-state index in [-0.39, 0.29) is 18.1 Å². The standard InChI is InChI=1S/C12H14F2O2/c1-8(2)12(6-15)16-7-9-10(13)4-3-5-11(9)14/h3-6,8,12H,7H2,1-2H3. The number of hydrogen-bond donors (Lipinski definition) is 0. The summed E-state index contributed by atoms with van der Waals surface area (Å²) in [5, 5.41) is 0. The fourth-order valence-electron chi connectivity index (χ4n) is 1.24. The first-order valence-corrected chi connectivity index (χ1v) is 5.06. The Balaban J connectivity index is 2.70. The summed E-state index contributed by atoms with van der Waals surface area (Å²) in [5.74, 6) is -1.34. The van der Waals surface area contributed by atoms with Crippen LogP contribution in [0.3, 0.4) is 0 Å². The lowest BCUT2D eigenvalue weighted by atomic mass is 10.1. The van der Waals surface area contributed by atoms with Crippen molar-refractivity contribution in [2.75, 3.05) is 0 Å². The molecule has 1 unspecified atom stereocenters. The van der Waals surface area contributed by atoms with Gasteiger partial charge in [0.2, 0.25) is 0 Å². The molecule has 1 aromatic carbocycles. The van der Waals surface area contributed by atoms with Gasteiger partial charge in [0.1, 0.15) is 24.0 Å². The van der Waals surface area contributed by atoms with Crippen molar-refractivity contribution < 1.29 is 18.3 Å². The van der Waals surface area contributed by atoms with Crippen molar-refractivity contribution in [3.8, 4) is 0 Å². The second-order valence-electron chi connectivity index (χ2n) is 3.86. The molecule has 0 spiro atoms. The Bertz CT molecular complexity index is 344. The third kappa shape index (κ3) is 3.10. The van der Waals surface area contributed by atoms with Crippen molar-refractivity contribution in [1.82, 2.24) is 0 Å². The van der Waals surface area contributed by atoms with Crippen molar-refractivity contribution >= 4 is 6.29 Å². The minimum Gasteiger partial charge on any atom is -0.366 e. The van der Waals surface area contributed by atoms with E-state index < -0.39 is 17.7 Å². The van der Waals surface area contributed by atoms with Gasteiger partial charge in [0.25, 0.3) is 0 Å². The molecule has 4 heteroatoms. The normalized spacial score (nSPS) is 12.8. The molecule has 0 heterocycles. The van der Waals surface area contributed by atoms with Crippen LogP contribution in [0.15, 0.2) is 18.2 Å². The molecule has 0 aromatic heterocycles. The molecular formula is C12H14F2O2. The third-order valence-electron chi connectivity index (χ3n) is 2.27. The highest BCUT2D eigenvalue weighted by atomic mass is 19.1. The van der Waals surface area contributed by atoms with Gasteiger partial charge in [-0.05, 0) is 18.1 Å². The Morgan fingerprint density at radius 2 is 1.88 bits per heavy atom. The van der Waals surface area contributed by atoms with Crippen molar-refractivity contribution in [2.24, 2.45) is 5.92 Å². The Kier molecular flexibility index (Phi) is 4.55. The molecule has 1 atom stereocenters. The summed E-state index contributed by atoms with van der Waals surface area (Å²) in [7, 11) is 0. The van der Waals surface area contributed by atoms with Gasteiger partial charge in [-0.1, -0.05) is 19.9 Å². The van der Waals surface area contributed by atoms with E-state index >= 15 is 0 Å². The van der Waals surface area contributed by atoms with Gasteiger partial charge in [0, 0.05) is 5.56 Å². The minimum atomic E-state index is -0.659. The zero-order chi connectivity index (χ0) is 12.1. The summed E-state index contributed by atoms with van der Waals surface area (Å²) in [6, 6.07) is 3.61. The van der Waals surface area contributed by atoms with Gasteiger partial charge in [-0.2, -0.15) is 0 Å². The molecular weight excluding hydrogens is 214 g/mol. The van der Waals surface area contributed by atoms with Crippen LogP contribution in [0.1, 0.15) is 19.4 Å². The van der Waals surface area contributed by atoms with Crippen LogP contribution >= 0.6 is 0 Å². The zero-order valence-electron chi connectivity index (χ0n) is 9.24. The lowest BCUT2D eigenvalue weighted by Crippen LogP contribution is -2.21. The van der Waals surface area contributed by atoms with E-state index in [0.717, 1.165) is 12.1 Å². The molecule has 16 heavy (non-hydrogen) atoms. The summed E-state index contributed by atoms with van der Waals surface area (Å²) >= 11 is 0. The Morgan fingerprint density at radius 1 is 1.31 bits per heavy atom. The Morgan fingerprint density at radius 3 is 2.31 bits per heavy atom. The summed E-state index contributed by atoms with van der Waals surface area (Å²) in [4.78, 5) is 10.6. The van der Waals surface area contributed by atoms with Gasteiger partial charge in [0.05, 0.1) is 6.61 Å². The van der Waals surface area contributed by atoms with E-state index in [1.807, 2.05) is 0 Å². The smallest absolute Gasteiger partial charge is 0.149 e. The van der Waals surface area contributed by atoms with E-state index in [4.69, 9.17) is 4.74 Å². The van der Waals surface area contributed by atoms with Crippen LogP contribution in [0.5, 0.6) is 0 Å². The van der Waals surface area contributed by atoms with Gasteiger partial charge < -0.3 is 9.53 Å². The quantitative estimate of drug-likeness (QED) is 0.724. The van der Waals surface area contributed by atoms with Crippen LogP contribution in [0, 0.1) is 17.6 Å². The summed E-state index contributed by atoms with van der Waals surface area (Å²) < 4.78 is 31.5. The van der Waals surface area contributed by atoms with Crippen LogP contribution in [-0.4, -0.2) is 12.4 Å². The van der Waals surface area contributed by atoms with Crippen molar-refractivity contribution in [1.29, 1.82) is 0 Å². The number of carbonyl (C=O) groups is 1. The summed E-state index contributed by atoms with van der Waals surface area (Å²) in [6.45, 7) is 3.37. The average Bonchev–Trinajstić information content (AvgIpc) is 2.22. The van der Waals surface area contributed by atoms with E-state index in [9.17, 15) is 13.6 Å². The molecule has 0 saturated heterocycles. The van der Waals surface area contributed by atoms with Crippen molar-refractivity contribution in [2.45, 2.75) is 26.6 Å². The highest BCUT2D eigenvalue weighted by Gasteiger charge is 2.15. The van der Waals surface area contributed by atoms with Crippen LogP contribution in [-0.2, 0) is 16.1 Å². The van der Waals surface area contributed by atoms with Crippen molar-refractivity contribution in [3.05, 3.63) is 35.4 Å². The number of rotatable bonds is 5. The van der Waals surface area contributed by atoms with Gasteiger partial charge in [0.15, 0.2) is 0 Å². The molecule has 0 aliphatic rings. The molecule has 88 valence electrons. The van der Waals surface area contributed by atoms with E-state index in [0.29, 0.717) is 6.29 Å². The van der Waals surface area contributed by atoms with E-state index in [1.165, 1.54) is 6.07 Å². The highest BCUT2D eigenvalue weighted by Crippen LogP contribution is 2.15. The molecule has 0 saturated carbocycles. The number of hydrogen-bond acceptors (Lipinski definition) is 2. The van der Waals surface area contributed by atoms with Crippen molar-refractivity contribution in [3.63, 3.8) is 0 Å². The largest absolute Gasteiger partial charge is 0.366 e. The number of halogens is 2. The molecule has 0 radical (unpaired) electrons. The molecule has 0 aliphatic carbocycles. The molecule has 0 aliphatic heterocycles. The lowest BCUT2D eigenvalue weighted by Gasteiger charge is -2.15. The number of benzene rings is 1. The molecule has 1 rings (SSSR count). The minimum absolute atomic E-state index is 0.0210. The van der Waals surface area contributed by atoms with Gasteiger partial charge in [-0.15, -0.1) is 0 Å². The van der Waals surface area contributed by atoms with Crippen LogP contribution in [0.4, 0.5) is 8.78 Å². The Labute approximate surface area is 93.2 Å². The molecule has 0 fully saturated rings. The summed E-state index contributed by atoms with van der Waals surface area (Å²) in [6.07, 6.45) is 0.00247. The third-order valence-corrected chi connectivity index (χ3v) is 2.27. The van der Waals surface area contributed by atoms with Gasteiger partial charge >= 0.3 is 0 Å². The monoisotopic (exact) mass is 228 g/mol. The van der Waals surface area contributed by atoms with Gasteiger partial charge in [-0.25, -0.2) is 8.78 Å². The van der Waals surface area contributed by atoms with Crippen LogP contribution in [0.25, 0.3) is 0 Å². The fraction of sp³-hybridized carbons (Fsp3) is 0.417. The van der Waals surface area contributed by atoms with E-state index in [1.54, 1.807) is 13.8 Å². The second-order valence-corrected chi connectivity index (χ2v) is 3.86. The van der Waals surface area contributed by atoms with E-state index in [2.05, 4.69) is 0 Å². The maximum atomic E-state index is 13.2. The Hall–Kier alpha value is -1.29. The molecule has 2 nitrogen and oxygen atoms in total. The number of aldehydes is 1. The summed E-state index contributed by atoms with van der Waals surface area (Å²) in [5.41, 5.74) is -0.144. The van der Waals surface area contributed by atoms with Crippen LogP contribution < -0.4 is 0 Å². The van der Waals surface area contributed by atoms with Crippen LogP contribution in [0.2, 0.25) is 0 Å². The zero-order valence-corrected chi connectivity index (χ0v) is 9.24. The number of carbonyl (C=O) groups excluding carboxylic acids is 1. The molecule has 0 N–H and O–H groups in total. The maximum absolute atomic E-state index is 13.2. The lowest BCUT2D eigenvalue weighted by molar-refractivity contribution is -0.121. The first kappa shape index (κ1) is 12.8. The van der Waals surface area contributed by atoms with Gasteiger partial charge in [-0.3, -0.25) is 0 Å². The average molecular weight is 228 g/mol. The molecule has 1 aromatic rings. The molecule has 0 bridgehead atoms. The second kappa shape index (κ2) is 5.70. The SMILES string of the molecule is CC(C)C(C=O)OCc1c(F)cccc1F. The maximum Gasteiger partial charge on any atom is 0.149 e. The fourth-order valence-corrected chi connectivity index (χ4v) is 1.24. The first-order valence-electron chi connectivity index (χ1n) is 5.06. The first-order chi connectivity index (χ1) is 7.56. The number of ether oxygens (including phenoxy) is 1. The predicted octanol–water partition coefficient (Wildman–Crippen LogP) is 2.70. The highest BCUT2D eigenvalue weighted by molar-refractivity contribution is 5.56. The molecule has 0 amide bonds. The predicted molar refractivity (Wildman–Crippen MR) is 55.8 cm³/mol. The topological polar surface area (TPSA) is 26.3 Å².